The second-order valence-corrected chi connectivity index (χ2v) is 4.89. The van der Waals surface area contributed by atoms with Crippen LogP contribution < -0.4 is 5.73 Å². The average molecular weight is 242 g/mol. The third kappa shape index (κ3) is 2.97. The van der Waals surface area contributed by atoms with Crippen LogP contribution >= 0.6 is 0 Å². The molecule has 17 heavy (non-hydrogen) atoms. The number of rotatable bonds is 2. The predicted molar refractivity (Wildman–Crippen MR) is 63.6 cm³/mol. The van der Waals surface area contributed by atoms with Crippen molar-refractivity contribution in [3.63, 3.8) is 0 Å². The van der Waals surface area contributed by atoms with Crippen molar-refractivity contribution >= 4 is 5.91 Å². The normalized spacial score (nSPS) is 32.2. The zero-order chi connectivity index (χ0) is 12.3. The highest BCUT2D eigenvalue weighted by Gasteiger charge is 2.34. The molecule has 0 bridgehead atoms. The molecule has 5 nitrogen and oxygen atoms in total. The van der Waals surface area contributed by atoms with E-state index in [1.54, 1.807) is 0 Å². The Balaban J connectivity index is 1.99. The Kier molecular flexibility index (Phi) is 4.36. The van der Waals surface area contributed by atoms with Crippen molar-refractivity contribution in [1.82, 2.24) is 4.90 Å². The van der Waals surface area contributed by atoms with Gasteiger partial charge in [0.05, 0.1) is 19.8 Å². The number of nitrogens with two attached hydrogens (primary N) is 1. The summed E-state index contributed by atoms with van der Waals surface area (Å²) in [5.41, 5.74) is 5.96. The van der Waals surface area contributed by atoms with Crippen LogP contribution in [0.3, 0.4) is 0 Å². The van der Waals surface area contributed by atoms with Crippen molar-refractivity contribution in [2.75, 3.05) is 26.4 Å². The minimum Gasteiger partial charge on any atom is -0.376 e. The zero-order valence-electron chi connectivity index (χ0n) is 10.4. The second kappa shape index (κ2) is 5.80. The van der Waals surface area contributed by atoms with Gasteiger partial charge in [-0.25, -0.2) is 0 Å². The van der Waals surface area contributed by atoms with Crippen LogP contribution in [0.5, 0.6) is 0 Å². The van der Waals surface area contributed by atoms with Gasteiger partial charge in [-0.2, -0.15) is 0 Å². The van der Waals surface area contributed by atoms with E-state index in [4.69, 9.17) is 15.2 Å². The molecule has 0 aliphatic carbocycles. The number of likely N-dealkylation sites (tertiary alicyclic amines) is 1. The van der Waals surface area contributed by atoms with Crippen molar-refractivity contribution in [3.05, 3.63) is 0 Å². The van der Waals surface area contributed by atoms with Crippen LogP contribution in [0.25, 0.3) is 0 Å². The quantitative estimate of drug-likeness (QED) is 0.747. The van der Waals surface area contributed by atoms with Crippen molar-refractivity contribution in [2.45, 2.75) is 44.4 Å². The fraction of sp³-hybridized carbons (Fsp3) is 0.917. The lowest BCUT2D eigenvalue weighted by Crippen LogP contribution is -2.56. The molecule has 0 aromatic carbocycles. The molecular formula is C12H22N2O3. The number of carbonyl (C=O) groups excluding carboxylic acids is 1. The van der Waals surface area contributed by atoms with Gasteiger partial charge in [-0.05, 0) is 26.2 Å². The van der Waals surface area contributed by atoms with Gasteiger partial charge < -0.3 is 20.1 Å². The van der Waals surface area contributed by atoms with E-state index in [-0.39, 0.29) is 18.0 Å². The first-order valence-corrected chi connectivity index (χ1v) is 6.45. The number of amides is 1. The van der Waals surface area contributed by atoms with E-state index < -0.39 is 6.10 Å². The minimum atomic E-state index is -0.428. The molecule has 0 radical (unpaired) electrons. The van der Waals surface area contributed by atoms with Gasteiger partial charge in [0.15, 0.2) is 6.10 Å². The number of nitrogens with zero attached hydrogens (tertiary/aromatic N) is 1. The van der Waals surface area contributed by atoms with Gasteiger partial charge in [0.25, 0.3) is 5.91 Å². The highest BCUT2D eigenvalue weighted by atomic mass is 16.6. The summed E-state index contributed by atoms with van der Waals surface area (Å²) in [4.78, 5) is 14.2. The van der Waals surface area contributed by atoms with Crippen LogP contribution in [-0.2, 0) is 14.3 Å². The Morgan fingerprint density at radius 2 is 2.24 bits per heavy atom. The molecule has 2 N–H and O–H groups in total. The number of ether oxygens (including phenoxy) is 2. The molecule has 5 heteroatoms. The van der Waals surface area contributed by atoms with Gasteiger partial charge in [-0.15, -0.1) is 0 Å². The van der Waals surface area contributed by atoms with Gasteiger partial charge in [-0.3, -0.25) is 4.79 Å². The summed E-state index contributed by atoms with van der Waals surface area (Å²) in [5, 5.41) is 0. The molecule has 2 rings (SSSR count). The van der Waals surface area contributed by atoms with E-state index in [9.17, 15) is 4.79 Å². The first kappa shape index (κ1) is 12.8. The summed E-state index contributed by atoms with van der Waals surface area (Å²) in [6.07, 6.45) is 2.78. The summed E-state index contributed by atoms with van der Waals surface area (Å²) in [7, 11) is 0. The van der Waals surface area contributed by atoms with Crippen LogP contribution in [-0.4, -0.2) is 55.4 Å². The molecule has 2 heterocycles. The molecule has 2 aliphatic heterocycles. The van der Waals surface area contributed by atoms with Crippen molar-refractivity contribution in [2.24, 2.45) is 5.73 Å². The average Bonchev–Trinajstić information content (AvgIpc) is 2.39. The van der Waals surface area contributed by atoms with E-state index in [1.165, 1.54) is 0 Å². The fourth-order valence-electron chi connectivity index (χ4n) is 2.59. The molecular weight excluding hydrogens is 220 g/mol. The molecule has 3 atom stereocenters. The molecule has 98 valence electrons. The third-order valence-corrected chi connectivity index (χ3v) is 3.53. The van der Waals surface area contributed by atoms with E-state index in [2.05, 4.69) is 0 Å². The molecule has 1 amide bonds. The molecule has 2 fully saturated rings. The van der Waals surface area contributed by atoms with Crippen LogP contribution in [0.4, 0.5) is 0 Å². The lowest BCUT2D eigenvalue weighted by Gasteiger charge is -2.40. The maximum atomic E-state index is 12.3. The SMILES string of the molecule is CC(N)C1CCCCN1C(=O)C1COCCO1. The molecule has 2 saturated heterocycles. The number of carbonyl (C=O) groups is 1. The first-order chi connectivity index (χ1) is 8.20. The summed E-state index contributed by atoms with van der Waals surface area (Å²) in [5.74, 6) is 0.0479. The third-order valence-electron chi connectivity index (χ3n) is 3.53. The van der Waals surface area contributed by atoms with Gasteiger partial charge >= 0.3 is 0 Å². The maximum absolute atomic E-state index is 12.3. The van der Waals surface area contributed by atoms with Crippen LogP contribution in [0.15, 0.2) is 0 Å². The minimum absolute atomic E-state index is 0.0174. The molecule has 3 unspecified atom stereocenters. The smallest absolute Gasteiger partial charge is 0.254 e. The monoisotopic (exact) mass is 242 g/mol. The second-order valence-electron chi connectivity index (χ2n) is 4.89. The predicted octanol–water partition coefficient (Wildman–Crippen LogP) is 0.130. The van der Waals surface area contributed by atoms with Crippen molar-refractivity contribution < 1.29 is 14.3 Å². The molecule has 0 saturated carbocycles. The first-order valence-electron chi connectivity index (χ1n) is 6.45. The zero-order valence-corrected chi connectivity index (χ0v) is 10.4. The van der Waals surface area contributed by atoms with Crippen molar-refractivity contribution in [1.29, 1.82) is 0 Å². The standard InChI is InChI=1S/C12H22N2O3/c1-9(13)10-4-2-3-5-14(10)12(15)11-8-16-6-7-17-11/h9-11H,2-8,13H2,1H3. The Labute approximate surface area is 102 Å². The van der Waals surface area contributed by atoms with E-state index >= 15 is 0 Å². The van der Waals surface area contributed by atoms with Crippen LogP contribution in [0.1, 0.15) is 26.2 Å². The topological polar surface area (TPSA) is 64.8 Å². The Bertz CT molecular complexity index is 264. The van der Waals surface area contributed by atoms with Crippen molar-refractivity contribution in [3.8, 4) is 0 Å². The van der Waals surface area contributed by atoms with Crippen LogP contribution in [0.2, 0.25) is 0 Å². The van der Waals surface area contributed by atoms with Gasteiger partial charge in [0.2, 0.25) is 0 Å². The van der Waals surface area contributed by atoms with Gasteiger partial charge in [-0.1, -0.05) is 0 Å². The summed E-state index contributed by atoms with van der Waals surface area (Å²) in [6, 6.07) is 0.172. The van der Waals surface area contributed by atoms with E-state index in [0.29, 0.717) is 19.8 Å². The molecule has 0 aromatic heterocycles. The van der Waals surface area contributed by atoms with Crippen LogP contribution in [0, 0.1) is 0 Å². The molecule has 0 spiro atoms. The summed E-state index contributed by atoms with van der Waals surface area (Å²) < 4.78 is 10.8. The lowest BCUT2D eigenvalue weighted by molar-refractivity contribution is -0.161. The summed E-state index contributed by atoms with van der Waals surface area (Å²) in [6.45, 7) is 4.23. The number of hydrogen-bond donors (Lipinski definition) is 1. The fourth-order valence-corrected chi connectivity index (χ4v) is 2.59. The number of hydrogen-bond acceptors (Lipinski definition) is 4. The van der Waals surface area contributed by atoms with E-state index in [1.807, 2.05) is 11.8 Å². The van der Waals surface area contributed by atoms with E-state index in [0.717, 1.165) is 25.8 Å². The largest absolute Gasteiger partial charge is 0.376 e. The summed E-state index contributed by atoms with van der Waals surface area (Å²) >= 11 is 0. The Morgan fingerprint density at radius 3 is 2.88 bits per heavy atom. The number of piperidine rings is 1. The lowest BCUT2D eigenvalue weighted by atomic mass is 9.96. The Hall–Kier alpha value is -0.650. The molecule has 2 aliphatic rings. The highest BCUT2D eigenvalue weighted by Crippen LogP contribution is 2.21. The maximum Gasteiger partial charge on any atom is 0.254 e. The highest BCUT2D eigenvalue weighted by molar-refractivity contribution is 5.81. The van der Waals surface area contributed by atoms with Gasteiger partial charge in [0.1, 0.15) is 0 Å². The Morgan fingerprint density at radius 1 is 1.41 bits per heavy atom. The van der Waals surface area contributed by atoms with Gasteiger partial charge in [0, 0.05) is 18.6 Å². The molecule has 0 aromatic rings.